The molecule has 11 heteroatoms. The molecule has 1 saturated carbocycles. The van der Waals surface area contributed by atoms with E-state index < -0.39 is 29.1 Å². The maximum Gasteiger partial charge on any atom is 0.269 e. The molecule has 2 aromatic heterocycles. The number of nitrogens with zero attached hydrogens (tertiary/aromatic N) is 5. The topological polar surface area (TPSA) is 147 Å². The van der Waals surface area contributed by atoms with Gasteiger partial charge in [-0.15, -0.1) is 0 Å². The smallest absolute Gasteiger partial charge is 0.269 e. The minimum absolute atomic E-state index is 0.0347. The zero-order valence-corrected chi connectivity index (χ0v) is 16.0. The van der Waals surface area contributed by atoms with E-state index in [0.29, 0.717) is 28.4 Å². The lowest BCUT2D eigenvalue weighted by atomic mass is 10.1. The van der Waals surface area contributed by atoms with Gasteiger partial charge in [0, 0.05) is 30.4 Å². The number of aliphatic hydroxyl groups excluding tert-OH is 3. The van der Waals surface area contributed by atoms with E-state index in [1.165, 1.54) is 30.2 Å². The van der Waals surface area contributed by atoms with Crippen LogP contribution in [0.5, 0.6) is 0 Å². The van der Waals surface area contributed by atoms with Crippen LogP contribution >= 0.6 is 11.8 Å². The monoisotopic (exact) mass is 417 g/mol. The Hall–Kier alpha value is -2.60. The van der Waals surface area contributed by atoms with E-state index in [1.807, 2.05) is 6.07 Å². The highest BCUT2D eigenvalue weighted by Crippen LogP contribution is 2.37. The molecule has 1 aliphatic carbocycles. The predicted molar refractivity (Wildman–Crippen MR) is 104 cm³/mol. The Balaban J connectivity index is 1.58. The number of nitro groups is 1. The molecule has 0 radical (unpaired) electrons. The molecule has 0 spiro atoms. The van der Waals surface area contributed by atoms with Crippen molar-refractivity contribution < 1.29 is 20.2 Å². The highest BCUT2D eigenvalue weighted by molar-refractivity contribution is 7.98. The van der Waals surface area contributed by atoms with Crippen molar-refractivity contribution in [3.63, 3.8) is 0 Å². The molecule has 2 heterocycles. The molecule has 0 unspecified atom stereocenters. The van der Waals surface area contributed by atoms with E-state index in [4.69, 9.17) is 0 Å². The molecular formula is C18H19N5O5S. The van der Waals surface area contributed by atoms with Crippen molar-refractivity contribution >= 4 is 28.6 Å². The van der Waals surface area contributed by atoms with E-state index in [9.17, 15) is 25.4 Å². The fraction of sp³-hybridized carbons (Fsp3) is 0.389. The Morgan fingerprint density at radius 2 is 2.07 bits per heavy atom. The zero-order chi connectivity index (χ0) is 20.5. The van der Waals surface area contributed by atoms with Crippen LogP contribution in [0.4, 0.5) is 5.69 Å². The predicted octanol–water partition coefficient (Wildman–Crippen LogP) is 1.30. The molecule has 0 amide bonds. The number of nitro benzene ring substituents is 1. The summed E-state index contributed by atoms with van der Waals surface area (Å²) in [5.41, 5.74) is 1.90. The van der Waals surface area contributed by atoms with Crippen LogP contribution in [-0.2, 0) is 5.75 Å². The Bertz CT molecular complexity index is 1040. The maximum absolute atomic E-state index is 10.9. The quantitative estimate of drug-likeness (QED) is 0.234. The van der Waals surface area contributed by atoms with Gasteiger partial charge in [-0.1, -0.05) is 23.9 Å². The minimum atomic E-state index is -1.03. The van der Waals surface area contributed by atoms with E-state index in [-0.39, 0.29) is 12.3 Å². The summed E-state index contributed by atoms with van der Waals surface area (Å²) in [5, 5.41) is 41.4. The second kappa shape index (κ2) is 8.03. The SMILES string of the molecule is O=[N+]([O-])c1cccc(CSc2ncnc3c2ncn3[C@@H]2C[C@H](CO)[C@@H](O)[C@H]2O)c1. The van der Waals surface area contributed by atoms with Crippen LogP contribution in [0.2, 0.25) is 0 Å². The second-order valence-corrected chi connectivity index (χ2v) is 7.91. The van der Waals surface area contributed by atoms with E-state index in [2.05, 4.69) is 15.0 Å². The summed E-state index contributed by atoms with van der Waals surface area (Å²) in [6, 6.07) is 5.97. The highest BCUT2D eigenvalue weighted by atomic mass is 32.2. The number of imidazole rings is 1. The van der Waals surface area contributed by atoms with Gasteiger partial charge in [0.2, 0.25) is 0 Å². The average molecular weight is 417 g/mol. The summed E-state index contributed by atoms with van der Waals surface area (Å²) >= 11 is 1.38. The van der Waals surface area contributed by atoms with Crippen LogP contribution < -0.4 is 0 Å². The first-order chi connectivity index (χ1) is 14.0. The largest absolute Gasteiger partial charge is 0.396 e. The van der Waals surface area contributed by atoms with Crippen molar-refractivity contribution in [3.8, 4) is 0 Å². The van der Waals surface area contributed by atoms with Crippen molar-refractivity contribution in [2.24, 2.45) is 5.92 Å². The Kier molecular flexibility index (Phi) is 5.46. The standard InChI is InChI=1S/C18H19N5O5S/c24-6-11-5-13(16(26)15(11)25)22-9-21-14-17(22)19-8-20-18(14)29-7-10-2-1-3-12(4-10)23(27)28/h1-4,8-9,11,13,15-16,24-26H,5-7H2/t11-,13-,15-,16+/m1/s1. The third kappa shape index (κ3) is 3.69. The molecule has 1 aliphatic rings. The van der Waals surface area contributed by atoms with E-state index in [0.717, 1.165) is 5.56 Å². The van der Waals surface area contributed by atoms with Gasteiger partial charge in [-0.25, -0.2) is 15.0 Å². The first-order valence-corrected chi connectivity index (χ1v) is 9.98. The third-order valence-corrected chi connectivity index (χ3v) is 6.24. The lowest BCUT2D eigenvalue weighted by Crippen LogP contribution is -2.30. The van der Waals surface area contributed by atoms with Gasteiger partial charge in [0.05, 0.1) is 23.4 Å². The molecule has 0 bridgehead atoms. The Morgan fingerprint density at radius 3 is 2.79 bits per heavy atom. The fourth-order valence-electron chi connectivity index (χ4n) is 3.65. The van der Waals surface area contributed by atoms with Gasteiger partial charge >= 0.3 is 0 Å². The molecule has 29 heavy (non-hydrogen) atoms. The highest BCUT2D eigenvalue weighted by Gasteiger charge is 2.42. The first kappa shape index (κ1) is 19.7. The van der Waals surface area contributed by atoms with Gasteiger partial charge in [-0.3, -0.25) is 10.1 Å². The van der Waals surface area contributed by atoms with Crippen LogP contribution in [0, 0.1) is 16.0 Å². The molecular weight excluding hydrogens is 398 g/mol. The molecule has 1 fully saturated rings. The van der Waals surface area contributed by atoms with Crippen molar-refractivity contribution in [3.05, 3.63) is 52.6 Å². The Labute approximate surface area is 169 Å². The van der Waals surface area contributed by atoms with Crippen LogP contribution in [0.1, 0.15) is 18.0 Å². The molecule has 3 aromatic rings. The lowest BCUT2D eigenvalue weighted by molar-refractivity contribution is -0.384. The van der Waals surface area contributed by atoms with Crippen molar-refractivity contribution in [2.45, 2.75) is 35.4 Å². The average Bonchev–Trinajstić information content (AvgIpc) is 3.28. The molecule has 10 nitrogen and oxygen atoms in total. The van der Waals surface area contributed by atoms with Crippen LogP contribution in [0.3, 0.4) is 0 Å². The van der Waals surface area contributed by atoms with Crippen molar-refractivity contribution in [1.82, 2.24) is 19.5 Å². The number of aromatic nitrogens is 4. The number of hydrogen-bond acceptors (Lipinski definition) is 9. The normalized spacial score (nSPS) is 24.2. The van der Waals surface area contributed by atoms with Gasteiger partial charge in [0.1, 0.15) is 23.0 Å². The zero-order valence-electron chi connectivity index (χ0n) is 15.2. The summed E-state index contributed by atoms with van der Waals surface area (Å²) in [4.78, 5) is 23.4. The summed E-state index contributed by atoms with van der Waals surface area (Å²) < 4.78 is 1.71. The molecule has 152 valence electrons. The lowest BCUT2D eigenvalue weighted by Gasteiger charge is -2.18. The van der Waals surface area contributed by atoms with Gasteiger partial charge in [-0.05, 0) is 12.0 Å². The van der Waals surface area contributed by atoms with E-state index in [1.54, 1.807) is 17.0 Å². The van der Waals surface area contributed by atoms with Crippen LogP contribution in [-0.4, -0.2) is 58.6 Å². The van der Waals surface area contributed by atoms with Gasteiger partial charge < -0.3 is 19.9 Å². The van der Waals surface area contributed by atoms with E-state index >= 15 is 0 Å². The van der Waals surface area contributed by atoms with Gasteiger partial charge in [0.15, 0.2) is 5.65 Å². The third-order valence-electron chi connectivity index (χ3n) is 5.19. The Morgan fingerprint density at radius 1 is 1.24 bits per heavy atom. The number of hydrogen-bond donors (Lipinski definition) is 3. The summed E-state index contributed by atoms with van der Waals surface area (Å²) in [6.07, 6.45) is 1.33. The second-order valence-electron chi connectivity index (χ2n) is 6.95. The summed E-state index contributed by atoms with van der Waals surface area (Å²) in [6.45, 7) is -0.208. The van der Waals surface area contributed by atoms with Crippen LogP contribution in [0.25, 0.3) is 11.2 Å². The van der Waals surface area contributed by atoms with Gasteiger partial charge in [-0.2, -0.15) is 0 Å². The number of fused-ring (bicyclic) bond motifs is 1. The molecule has 1 aromatic carbocycles. The molecule has 4 atom stereocenters. The molecule has 3 N–H and O–H groups in total. The molecule has 4 rings (SSSR count). The van der Waals surface area contributed by atoms with Crippen LogP contribution in [0.15, 0.2) is 41.9 Å². The number of benzene rings is 1. The number of rotatable bonds is 6. The maximum atomic E-state index is 10.9. The molecule has 0 aliphatic heterocycles. The summed E-state index contributed by atoms with van der Waals surface area (Å²) in [5.74, 6) is 0.0647. The van der Waals surface area contributed by atoms with Crippen molar-refractivity contribution in [1.29, 1.82) is 0 Å². The van der Waals surface area contributed by atoms with Crippen molar-refractivity contribution in [2.75, 3.05) is 6.61 Å². The fourth-order valence-corrected chi connectivity index (χ4v) is 4.53. The van der Waals surface area contributed by atoms with Gasteiger partial charge in [0.25, 0.3) is 5.69 Å². The molecule has 0 saturated heterocycles. The number of aliphatic hydroxyl groups is 3. The number of non-ortho nitro benzene ring substituents is 1. The first-order valence-electron chi connectivity index (χ1n) is 9.00. The summed E-state index contributed by atoms with van der Waals surface area (Å²) in [7, 11) is 0. The minimum Gasteiger partial charge on any atom is -0.396 e. The number of thioether (sulfide) groups is 1.